The summed E-state index contributed by atoms with van der Waals surface area (Å²) in [6.45, 7) is -0.502. The molecule has 0 spiro atoms. The molecular formula is C17H13FN2O3. The fraction of sp³-hybridized carbons (Fsp3) is 0.0588. The molecule has 0 amide bonds. The van der Waals surface area contributed by atoms with Crippen molar-refractivity contribution >= 4 is 5.97 Å². The van der Waals surface area contributed by atoms with Crippen molar-refractivity contribution in [3.63, 3.8) is 0 Å². The van der Waals surface area contributed by atoms with E-state index < -0.39 is 18.4 Å². The second-order valence-electron chi connectivity index (χ2n) is 4.79. The van der Waals surface area contributed by atoms with Gasteiger partial charge in [-0.3, -0.25) is 0 Å². The van der Waals surface area contributed by atoms with Crippen molar-refractivity contribution in [2.75, 3.05) is 6.61 Å². The first-order chi connectivity index (χ1) is 11.1. The number of hydrogen-bond acceptors (Lipinski definition) is 3. The molecule has 0 saturated carbocycles. The lowest BCUT2D eigenvalue weighted by atomic mass is 10.1. The van der Waals surface area contributed by atoms with E-state index in [2.05, 4.69) is 5.10 Å². The lowest BCUT2D eigenvalue weighted by molar-refractivity contribution is -0.139. The maximum Gasteiger partial charge on any atom is 0.341 e. The third-order valence-electron chi connectivity index (χ3n) is 3.21. The zero-order valence-corrected chi connectivity index (χ0v) is 12.0. The van der Waals surface area contributed by atoms with Crippen LogP contribution >= 0.6 is 0 Å². The first kappa shape index (κ1) is 14.8. The van der Waals surface area contributed by atoms with Crippen molar-refractivity contribution in [3.05, 3.63) is 66.6 Å². The monoisotopic (exact) mass is 312 g/mol. The minimum atomic E-state index is -1.10. The molecule has 0 fully saturated rings. The van der Waals surface area contributed by atoms with Gasteiger partial charge in [-0.15, -0.1) is 0 Å². The van der Waals surface area contributed by atoms with Gasteiger partial charge in [0, 0.05) is 5.56 Å². The molecule has 3 rings (SSSR count). The normalized spacial score (nSPS) is 10.5. The number of hydrogen-bond donors (Lipinski definition) is 1. The van der Waals surface area contributed by atoms with Crippen LogP contribution in [0.4, 0.5) is 4.39 Å². The smallest absolute Gasteiger partial charge is 0.341 e. The van der Waals surface area contributed by atoms with Crippen molar-refractivity contribution < 1.29 is 19.0 Å². The Morgan fingerprint density at radius 2 is 1.96 bits per heavy atom. The van der Waals surface area contributed by atoms with Crippen molar-refractivity contribution in [2.24, 2.45) is 0 Å². The summed E-state index contributed by atoms with van der Waals surface area (Å²) in [6.07, 6.45) is 1.59. The van der Waals surface area contributed by atoms with Gasteiger partial charge >= 0.3 is 5.97 Å². The number of benzene rings is 2. The van der Waals surface area contributed by atoms with Crippen LogP contribution in [0.1, 0.15) is 0 Å². The molecule has 2 aromatic carbocycles. The summed E-state index contributed by atoms with van der Waals surface area (Å²) in [5, 5.41) is 13.0. The average molecular weight is 312 g/mol. The highest BCUT2D eigenvalue weighted by molar-refractivity contribution is 5.72. The standard InChI is InChI=1S/C17H13FN2O3/c18-12-6-7-16(23-11-17(21)22)14(10-12)15-8-9-19-20(15)13-4-2-1-3-5-13/h1-10H,11H2,(H,21,22). The lowest BCUT2D eigenvalue weighted by Gasteiger charge is -2.12. The summed E-state index contributed by atoms with van der Waals surface area (Å²) < 4.78 is 20.6. The van der Waals surface area contributed by atoms with Crippen molar-refractivity contribution in [2.45, 2.75) is 0 Å². The fourth-order valence-electron chi connectivity index (χ4n) is 2.25. The number of halogens is 1. The van der Waals surface area contributed by atoms with Crippen LogP contribution in [0.25, 0.3) is 16.9 Å². The van der Waals surface area contributed by atoms with Gasteiger partial charge in [-0.25, -0.2) is 13.9 Å². The van der Waals surface area contributed by atoms with E-state index in [1.165, 1.54) is 18.2 Å². The quantitative estimate of drug-likeness (QED) is 0.786. The van der Waals surface area contributed by atoms with Gasteiger partial charge in [-0.1, -0.05) is 18.2 Å². The predicted molar refractivity (Wildman–Crippen MR) is 82.1 cm³/mol. The molecule has 0 saturated heterocycles. The Morgan fingerprint density at radius 1 is 1.17 bits per heavy atom. The minimum Gasteiger partial charge on any atom is -0.481 e. The molecule has 0 aliphatic rings. The minimum absolute atomic E-state index is 0.284. The molecule has 23 heavy (non-hydrogen) atoms. The van der Waals surface area contributed by atoms with Crippen LogP contribution in [-0.2, 0) is 4.79 Å². The number of nitrogens with zero attached hydrogens (tertiary/aromatic N) is 2. The Morgan fingerprint density at radius 3 is 2.70 bits per heavy atom. The molecule has 0 aliphatic carbocycles. The third kappa shape index (κ3) is 3.21. The van der Waals surface area contributed by atoms with E-state index in [0.717, 1.165) is 5.69 Å². The van der Waals surface area contributed by atoms with E-state index in [0.29, 0.717) is 11.3 Å². The van der Waals surface area contributed by atoms with Crippen LogP contribution in [0.15, 0.2) is 60.8 Å². The summed E-state index contributed by atoms with van der Waals surface area (Å²) in [6, 6.07) is 15.0. The summed E-state index contributed by atoms with van der Waals surface area (Å²) in [7, 11) is 0. The Labute approximate surface area is 131 Å². The molecule has 1 N–H and O–H groups in total. The van der Waals surface area contributed by atoms with Gasteiger partial charge < -0.3 is 9.84 Å². The highest BCUT2D eigenvalue weighted by atomic mass is 19.1. The summed E-state index contributed by atoms with van der Waals surface area (Å²) >= 11 is 0. The highest BCUT2D eigenvalue weighted by Gasteiger charge is 2.14. The van der Waals surface area contributed by atoms with Gasteiger partial charge in [-0.05, 0) is 36.4 Å². The molecule has 116 valence electrons. The first-order valence-electron chi connectivity index (χ1n) is 6.89. The molecule has 3 aromatic rings. The first-order valence-corrected chi connectivity index (χ1v) is 6.89. The Kier molecular flexibility index (Phi) is 4.05. The number of para-hydroxylation sites is 1. The maximum absolute atomic E-state index is 13.7. The third-order valence-corrected chi connectivity index (χ3v) is 3.21. The van der Waals surface area contributed by atoms with Gasteiger partial charge in [0.25, 0.3) is 0 Å². The maximum atomic E-state index is 13.7. The number of rotatable bonds is 5. The van der Waals surface area contributed by atoms with Crippen LogP contribution < -0.4 is 4.74 Å². The van der Waals surface area contributed by atoms with E-state index in [-0.39, 0.29) is 5.75 Å². The van der Waals surface area contributed by atoms with Crippen molar-refractivity contribution in [1.82, 2.24) is 9.78 Å². The Hall–Kier alpha value is -3.15. The Bertz CT molecular complexity index is 831. The molecule has 0 atom stereocenters. The summed E-state index contributed by atoms with van der Waals surface area (Å²) in [5.74, 6) is -1.26. The topological polar surface area (TPSA) is 64.3 Å². The van der Waals surface area contributed by atoms with E-state index in [1.54, 1.807) is 16.9 Å². The number of aliphatic carboxylic acids is 1. The molecule has 0 aliphatic heterocycles. The molecule has 0 bridgehead atoms. The molecule has 1 aromatic heterocycles. The van der Waals surface area contributed by atoms with Crippen molar-refractivity contribution in [1.29, 1.82) is 0 Å². The highest BCUT2D eigenvalue weighted by Crippen LogP contribution is 2.32. The molecular weight excluding hydrogens is 299 g/mol. The van der Waals surface area contributed by atoms with Gasteiger partial charge in [0.1, 0.15) is 11.6 Å². The van der Waals surface area contributed by atoms with E-state index in [4.69, 9.17) is 9.84 Å². The van der Waals surface area contributed by atoms with Gasteiger partial charge in [0.15, 0.2) is 6.61 Å². The van der Waals surface area contributed by atoms with Gasteiger partial charge in [0.05, 0.1) is 17.6 Å². The molecule has 6 heteroatoms. The van der Waals surface area contributed by atoms with Crippen molar-refractivity contribution in [3.8, 4) is 22.7 Å². The van der Waals surface area contributed by atoms with E-state index in [9.17, 15) is 9.18 Å². The number of aromatic nitrogens is 2. The zero-order chi connectivity index (χ0) is 16.2. The van der Waals surface area contributed by atoms with Crippen LogP contribution in [0, 0.1) is 5.82 Å². The van der Waals surface area contributed by atoms with Crippen LogP contribution in [0.3, 0.4) is 0 Å². The van der Waals surface area contributed by atoms with Gasteiger partial charge in [-0.2, -0.15) is 5.10 Å². The molecule has 0 unspecified atom stereocenters. The predicted octanol–water partition coefficient (Wildman–Crippen LogP) is 3.14. The van der Waals surface area contributed by atoms with Crippen LogP contribution in [-0.4, -0.2) is 27.5 Å². The number of carbonyl (C=O) groups is 1. The average Bonchev–Trinajstić information content (AvgIpc) is 3.03. The number of carboxylic acids is 1. The van der Waals surface area contributed by atoms with Crippen LogP contribution in [0.5, 0.6) is 5.75 Å². The SMILES string of the molecule is O=C(O)COc1ccc(F)cc1-c1ccnn1-c1ccccc1. The van der Waals surface area contributed by atoms with E-state index in [1.807, 2.05) is 30.3 Å². The second-order valence-corrected chi connectivity index (χ2v) is 4.79. The van der Waals surface area contributed by atoms with Crippen LogP contribution in [0.2, 0.25) is 0 Å². The van der Waals surface area contributed by atoms with Gasteiger partial charge in [0.2, 0.25) is 0 Å². The number of ether oxygens (including phenoxy) is 1. The van der Waals surface area contributed by atoms with E-state index >= 15 is 0 Å². The molecule has 0 radical (unpaired) electrons. The molecule has 5 nitrogen and oxygen atoms in total. The lowest BCUT2D eigenvalue weighted by Crippen LogP contribution is -2.10. The number of carboxylic acid groups (broad SMARTS) is 1. The fourth-order valence-corrected chi connectivity index (χ4v) is 2.25. The summed E-state index contributed by atoms with van der Waals surface area (Å²) in [5.41, 5.74) is 1.85. The second kappa shape index (κ2) is 6.31. The molecule has 1 heterocycles. The largest absolute Gasteiger partial charge is 0.481 e. The summed E-state index contributed by atoms with van der Waals surface area (Å²) in [4.78, 5) is 10.7. The zero-order valence-electron chi connectivity index (χ0n) is 12.0. The Balaban J connectivity index is 2.07.